The summed E-state index contributed by atoms with van der Waals surface area (Å²) in [6, 6.07) is 15.1. The second-order valence-corrected chi connectivity index (χ2v) is 5.10. The Labute approximate surface area is 131 Å². The van der Waals surface area contributed by atoms with Crippen LogP contribution in [-0.4, -0.2) is 19.1 Å². The standard InChI is InChI=1S/C19H21NO2/c1-3-4-5-19(21)16-8-10-17(11-9-16)20-14-15-6-12-18(22-2)13-7-15/h6-14H,3-5H2,1-2H3. The number of ether oxygens (including phenoxy) is 1. The van der Waals surface area contributed by atoms with Crippen LogP contribution in [-0.2, 0) is 0 Å². The Morgan fingerprint density at radius 1 is 1.09 bits per heavy atom. The Morgan fingerprint density at radius 2 is 1.77 bits per heavy atom. The van der Waals surface area contributed by atoms with E-state index < -0.39 is 0 Å². The van der Waals surface area contributed by atoms with Gasteiger partial charge >= 0.3 is 0 Å². The van der Waals surface area contributed by atoms with Gasteiger partial charge in [0, 0.05) is 18.2 Å². The average molecular weight is 295 g/mol. The third-order valence-corrected chi connectivity index (χ3v) is 3.43. The highest BCUT2D eigenvalue weighted by Gasteiger charge is 2.04. The molecule has 0 amide bonds. The molecule has 3 heteroatoms. The molecule has 3 nitrogen and oxygen atoms in total. The number of nitrogens with zero attached hydrogens (tertiary/aromatic N) is 1. The first kappa shape index (κ1) is 16.0. The molecule has 0 fully saturated rings. The van der Waals surface area contributed by atoms with Crippen LogP contribution in [0.25, 0.3) is 0 Å². The van der Waals surface area contributed by atoms with Crippen LogP contribution in [0.5, 0.6) is 5.75 Å². The molecule has 0 aliphatic carbocycles. The van der Waals surface area contributed by atoms with Crippen molar-refractivity contribution in [3.8, 4) is 5.75 Å². The lowest BCUT2D eigenvalue weighted by atomic mass is 10.1. The van der Waals surface area contributed by atoms with Crippen LogP contribution in [0.15, 0.2) is 53.5 Å². The zero-order chi connectivity index (χ0) is 15.8. The summed E-state index contributed by atoms with van der Waals surface area (Å²) < 4.78 is 5.12. The maximum atomic E-state index is 11.9. The number of methoxy groups -OCH3 is 1. The first-order chi connectivity index (χ1) is 10.7. The van der Waals surface area contributed by atoms with Crippen molar-refractivity contribution < 1.29 is 9.53 Å². The molecule has 2 aromatic carbocycles. The molecule has 0 radical (unpaired) electrons. The van der Waals surface area contributed by atoms with Gasteiger partial charge in [-0.3, -0.25) is 9.79 Å². The fraction of sp³-hybridized carbons (Fsp3) is 0.263. The summed E-state index contributed by atoms with van der Waals surface area (Å²) in [7, 11) is 1.65. The van der Waals surface area contributed by atoms with Crippen LogP contribution >= 0.6 is 0 Å². The van der Waals surface area contributed by atoms with Crippen LogP contribution in [0, 0.1) is 0 Å². The molecule has 0 unspecified atom stereocenters. The highest BCUT2D eigenvalue weighted by molar-refractivity contribution is 5.96. The van der Waals surface area contributed by atoms with E-state index in [9.17, 15) is 4.79 Å². The fourth-order valence-electron chi connectivity index (χ4n) is 2.05. The SMILES string of the molecule is CCCCC(=O)c1ccc(N=Cc2ccc(OC)cc2)cc1. The first-order valence-corrected chi connectivity index (χ1v) is 7.54. The van der Waals surface area contributed by atoms with Gasteiger partial charge in [-0.2, -0.15) is 0 Å². The highest BCUT2D eigenvalue weighted by atomic mass is 16.5. The Kier molecular flexibility index (Phi) is 5.90. The molecule has 114 valence electrons. The Balaban J connectivity index is 2.00. The lowest BCUT2D eigenvalue weighted by Gasteiger charge is -2.01. The molecular weight excluding hydrogens is 274 g/mol. The number of Topliss-reactive ketones (excluding diaryl/α,β-unsaturated/α-hetero) is 1. The number of aliphatic imine (C=N–C) groups is 1. The molecule has 22 heavy (non-hydrogen) atoms. The van der Waals surface area contributed by atoms with Crippen molar-refractivity contribution in [1.29, 1.82) is 0 Å². The van der Waals surface area contributed by atoms with Gasteiger partial charge in [-0.25, -0.2) is 0 Å². The van der Waals surface area contributed by atoms with Crippen molar-refractivity contribution in [3.05, 3.63) is 59.7 Å². The molecule has 0 saturated carbocycles. The number of carbonyl (C=O) groups excluding carboxylic acids is 1. The van der Waals surface area contributed by atoms with Gasteiger partial charge in [0.1, 0.15) is 5.75 Å². The van der Waals surface area contributed by atoms with E-state index >= 15 is 0 Å². The number of benzene rings is 2. The second kappa shape index (κ2) is 8.13. The molecule has 0 aliphatic heterocycles. The van der Waals surface area contributed by atoms with E-state index in [0.717, 1.165) is 35.4 Å². The lowest BCUT2D eigenvalue weighted by Crippen LogP contribution is -1.97. The topological polar surface area (TPSA) is 38.7 Å². The van der Waals surface area contributed by atoms with Crippen LogP contribution in [0.2, 0.25) is 0 Å². The smallest absolute Gasteiger partial charge is 0.162 e. The summed E-state index contributed by atoms with van der Waals surface area (Å²) in [6.07, 6.45) is 4.39. The predicted octanol–water partition coefficient (Wildman–Crippen LogP) is 4.82. The zero-order valence-corrected chi connectivity index (χ0v) is 13.1. The first-order valence-electron chi connectivity index (χ1n) is 7.54. The minimum atomic E-state index is 0.201. The van der Waals surface area contributed by atoms with E-state index in [1.165, 1.54) is 0 Å². The average Bonchev–Trinajstić information content (AvgIpc) is 2.58. The van der Waals surface area contributed by atoms with Crippen molar-refractivity contribution in [2.24, 2.45) is 4.99 Å². The van der Waals surface area contributed by atoms with Gasteiger partial charge in [-0.1, -0.05) is 13.3 Å². The Morgan fingerprint density at radius 3 is 2.36 bits per heavy atom. The van der Waals surface area contributed by atoms with E-state index in [-0.39, 0.29) is 5.78 Å². The van der Waals surface area contributed by atoms with Gasteiger partial charge in [0.2, 0.25) is 0 Å². The Bertz CT molecular complexity index is 627. The molecule has 0 aromatic heterocycles. The maximum absolute atomic E-state index is 11.9. The molecule has 0 bridgehead atoms. The summed E-state index contributed by atoms with van der Waals surface area (Å²) in [6.45, 7) is 2.09. The third kappa shape index (κ3) is 4.55. The summed E-state index contributed by atoms with van der Waals surface area (Å²) in [4.78, 5) is 16.3. The molecule has 2 rings (SSSR count). The molecule has 0 spiro atoms. The Hall–Kier alpha value is -2.42. The molecular formula is C19H21NO2. The molecule has 0 atom stereocenters. The van der Waals surface area contributed by atoms with E-state index in [2.05, 4.69) is 11.9 Å². The summed E-state index contributed by atoms with van der Waals surface area (Å²) in [5, 5.41) is 0. The van der Waals surface area contributed by atoms with E-state index in [1.807, 2.05) is 48.5 Å². The van der Waals surface area contributed by atoms with Crippen molar-refractivity contribution in [2.75, 3.05) is 7.11 Å². The van der Waals surface area contributed by atoms with Gasteiger partial charge in [0.25, 0.3) is 0 Å². The number of hydrogen-bond donors (Lipinski definition) is 0. The number of hydrogen-bond acceptors (Lipinski definition) is 3. The van der Waals surface area contributed by atoms with Crippen LogP contribution in [0.3, 0.4) is 0 Å². The highest BCUT2D eigenvalue weighted by Crippen LogP contribution is 2.16. The quantitative estimate of drug-likeness (QED) is 0.542. The summed E-state index contributed by atoms with van der Waals surface area (Å²) in [5.74, 6) is 1.03. The zero-order valence-electron chi connectivity index (χ0n) is 13.1. The molecule has 2 aromatic rings. The van der Waals surface area contributed by atoms with Gasteiger partial charge in [0.15, 0.2) is 5.78 Å². The van der Waals surface area contributed by atoms with Gasteiger partial charge in [-0.05, 0) is 60.5 Å². The van der Waals surface area contributed by atoms with Crippen molar-refractivity contribution in [2.45, 2.75) is 26.2 Å². The minimum absolute atomic E-state index is 0.201. The fourth-order valence-corrected chi connectivity index (χ4v) is 2.05. The molecule has 0 aliphatic rings. The largest absolute Gasteiger partial charge is 0.497 e. The van der Waals surface area contributed by atoms with Crippen molar-refractivity contribution in [1.82, 2.24) is 0 Å². The molecule has 0 N–H and O–H groups in total. The van der Waals surface area contributed by atoms with E-state index in [0.29, 0.717) is 6.42 Å². The summed E-state index contributed by atoms with van der Waals surface area (Å²) in [5.41, 5.74) is 2.60. The number of ketones is 1. The van der Waals surface area contributed by atoms with Crippen LogP contribution in [0.1, 0.15) is 42.1 Å². The number of unbranched alkanes of at least 4 members (excludes halogenated alkanes) is 1. The molecule has 0 saturated heterocycles. The lowest BCUT2D eigenvalue weighted by molar-refractivity contribution is 0.0980. The van der Waals surface area contributed by atoms with E-state index in [4.69, 9.17) is 4.74 Å². The predicted molar refractivity (Wildman–Crippen MR) is 90.5 cm³/mol. The van der Waals surface area contributed by atoms with Crippen molar-refractivity contribution >= 4 is 17.7 Å². The van der Waals surface area contributed by atoms with E-state index in [1.54, 1.807) is 13.3 Å². The number of carbonyl (C=O) groups is 1. The monoisotopic (exact) mass is 295 g/mol. The van der Waals surface area contributed by atoms with Crippen LogP contribution < -0.4 is 4.74 Å². The number of rotatable bonds is 7. The maximum Gasteiger partial charge on any atom is 0.162 e. The minimum Gasteiger partial charge on any atom is -0.497 e. The summed E-state index contributed by atoms with van der Waals surface area (Å²) >= 11 is 0. The third-order valence-electron chi connectivity index (χ3n) is 3.43. The van der Waals surface area contributed by atoms with Crippen LogP contribution in [0.4, 0.5) is 5.69 Å². The van der Waals surface area contributed by atoms with Gasteiger partial charge in [0.05, 0.1) is 12.8 Å². The van der Waals surface area contributed by atoms with Crippen molar-refractivity contribution in [3.63, 3.8) is 0 Å². The molecule has 0 heterocycles. The van der Waals surface area contributed by atoms with Gasteiger partial charge < -0.3 is 4.74 Å². The second-order valence-electron chi connectivity index (χ2n) is 5.10. The normalized spacial score (nSPS) is 10.8. The van der Waals surface area contributed by atoms with Gasteiger partial charge in [-0.15, -0.1) is 0 Å².